The van der Waals surface area contributed by atoms with Crippen LogP contribution in [0.2, 0.25) is 10.0 Å². The van der Waals surface area contributed by atoms with Gasteiger partial charge in [0.15, 0.2) is 23.4 Å². The molecule has 0 bridgehead atoms. The fourth-order valence-electron chi connectivity index (χ4n) is 2.05. The van der Waals surface area contributed by atoms with Crippen molar-refractivity contribution in [2.75, 3.05) is 12.4 Å². The Bertz CT molecular complexity index is 808. The summed E-state index contributed by atoms with van der Waals surface area (Å²) < 4.78 is 10.9. The first-order valence-corrected chi connectivity index (χ1v) is 8.19. The summed E-state index contributed by atoms with van der Waals surface area (Å²) in [5, 5.41) is 3.48. The molecule has 0 unspecified atom stereocenters. The van der Waals surface area contributed by atoms with E-state index < -0.39 is 6.10 Å². The Labute approximate surface area is 155 Å². The smallest absolute Gasteiger partial charge is 0.265 e. The summed E-state index contributed by atoms with van der Waals surface area (Å²) in [4.78, 5) is 23.7. The predicted molar refractivity (Wildman–Crippen MR) is 98.2 cm³/mol. The number of nitrogens with one attached hydrogen (secondary N) is 1. The van der Waals surface area contributed by atoms with Gasteiger partial charge in [-0.05, 0) is 50.2 Å². The van der Waals surface area contributed by atoms with Crippen LogP contribution in [0.25, 0.3) is 0 Å². The molecule has 2 rings (SSSR count). The van der Waals surface area contributed by atoms with Crippen LogP contribution < -0.4 is 14.8 Å². The fourth-order valence-corrected chi connectivity index (χ4v) is 2.51. The van der Waals surface area contributed by atoms with Crippen molar-refractivity contribution in [2.24, 2.45) is 0 Å². The highest BCUT2D eigenvalue weighted by Gasteiger charge is 2.18. The Morgan fingerprint density at radius 3 is 2.40 bits per heavy atom. The summed E-state index contributed by atoms with van der Waals surface area (Å²) in [6.07, 6.45) is -0.816. The summed E-state index contributed by atoms with van der Waals surface area (Å²) in [6.45, 7) is 3.05. The molecule has 0 aliphatic carbocycles. The number of Topliss-reactive ketones (excluding diaryl/α,β-unsaturated/α-hetero) is 1. The first kappa shape index (κ1) is 19.1. The van der Waals surface area contributed by atoms with Gasteiger partial charge in [-0.3, -0.25) is 9.59 Å². The average molecular weight is 382 g/mol. The van der Waals surface area contributed by atoms with Crippen LogP contribution in [0.15, 0.2) is 36.4 Å². The first-order chi connectivity index (χ1) is 11.8. The van der Waals surface area contributed by atoms with Gasteiger partial charge in [0.2, 0.25) is 0 Å². The van der Waals surface area contributed by atoms with Gasteiger partial charge in [-0.25, -0.2) is 0 Å². The van der Waals surface area contributed by atoms with Crippen LogP contribution in [-0.4, -0.2) is 24.9 Å². The van der Waals surface area contributed by atoms with Crippen LogP contribution in [0, 0.1) is 0 Å². The number of carbonyl (C=O) groups excluding carboxylic acids is 2. The summed E-state index contributed by atoms with van der Waals surface area (Å²) >= 11 is 11.9. The molecular formula is C18H17Cl2NO4. The standard InChI is InChI=1S/C18H17Cl2NO4/c1-10(22)12-4-7-16(17(8-12)24-3)25-11(2)18(23)21-15-6-5-13(19)9-14(15)20/h4-9,11H,1-3H3,(H,21,23)/t11-/m1/s1. The van der Waals surface area contributed by atoms with Crippen LogP contribution in [0.5, 0.6) is 11.5 Å². The lowest BCUT2D eigenvalue weighted by molar-refractivity contribution is -0.122. The van der Waals surface area contributed by atoms with Gasteiger partial charge in [-0.1, -0.05) is 23.2 Å². The number of ketones is 1. The minimum atomic E-state index is -0.816. The van der Waals surface area contributed by atoms with Crippen molar-refractivity contribution < 1.29 is 19.1 Å². The van der Waals surface area contributed by atoms with E-state index in [0.29, 0.717) is 32.8 Å². The molecule has 0 saturated carbocycles. The SMILES string of the molecule is COc1cc(C(C)=O)ccc1O[C@H](C)C(=O)Nc1ccc(Cl)cc1Cl. The number of halogens is 2. The number of anilines is 1. The number of hydrogen-bond acceptors (Lipinski definition) is 4. The molecule has 0 saturated heterocycles. The number of benzene rings is 2. The largest absolute Gasteiger partial charge is 0.493 e. The van der Waals surface area contributed by atoms with Gasteiger partial charge in [0, 0.05) is 10.6 Å². The van der Waals surface area contributed by atoms with Crippen LogP contribution in [0.4, 0.5) is 5.69 Å². The first-order valence-electron chi connectivity index (χ1n) is 7.43. The number of amides is 1. The minimum Gasteiger partial charge on any atom is -0.493 e. The number of ether oxygens (including phenoxy) is 2. The topological polar surface area (TPSA) is 64.6 Å². The third kappa shape index (κ3) is 4.87. The molecule has 1 amide bonds. The van der Waals surface area contributed by atoms with E-state index in [0.717, 1.165) is 0 Å². The van der Waals surface area contributed by atoms with Gasteiger partial charge in [-0.15, -0.1) is 0 Å². The van der Waals surface area contributed by atoms with Crippen molar-refractivity contribution >= 4 is 40.6 Å². The minimum absolute atomic E-state index is 0.0898. The van der Waals surface area contributed by atoms with Crippen molar-refractivity contribution in [3.8, 4) is 11.5 Å². The highest BCUT2D eigenvalue weighted by molar-refractivity contribution is 6.36. The summed E-state index contributed by atoms with van der Waals surface area (Å²) in [5.41, 5.74) is 0.930. The number of carbonyl (C=O) groups is 2. The molecule has 7 heteroatoms. The maximum atomic E-state index is 12.3. The lowest BCUT2D eigenvalue weighted by atomic mass is 10.1. The lowest BCUT2D eigenvalue weighted by Gasteiger charge is -2.17. The lowest BCUT2D eigenvalue weighted by Crippen LogP contribution is -2.30. The van der Waals surface area contributed by atoms with E-state index in [1.54, 1.807) is 37.3 Å². The molecule has 0 radical (unpaired) electrons. The number of rotatable bonds is 6. The van der Waals surface area contributed by atoms with E-state index in [1.165, 1.54) is 20.1 Å². The summed E-state index contributed by atoms with van der Waals surface area (Å²) in [7, 11) is 1.46. The molecule has 5 nitrogen and oxygen atoms in total. The molecule has 0 fully saturated rings. The zero-order valence-corrected chi connectivity index (χ0v) is 15.4. The second-order valence-corrected chi connectivity index (χ2v) is 6.14. The molecule has 2 aromatic rings. The quantitative estimate of drug-likeness (QED) is 0.741. The van der Waals surface area contributed by atoms with Crippen molar-refractivity contribution in [1.82, 2.24) is 0 Å². The van der Waals surface area contributed by atoms with E-state index in [4.69, 9.17) is 32.7 Å². The molecule has 0 spiro atoms. The second-order valence-electron chi connectivity index (χ2n) is 5.30. The second kappa shape index (κ2) is 8.23. The van der Waals surface area contributed by atoms with Crippen LogP contribution >= 0.6 is 23.2 Å². The molecule has 0 heterocycles. The molecule has 1 N–H and O–H groups in total. The Balaban J connectivity index is 2.11. The van der Waals surface area contributed by atoms with Gasteiger partial charge in [-0.2, -0.15) is 0 Å². The van der Waals surface area contributed by atoms with Crippen LogP contribution in [-0.2, 0) is 4.79 Å². The van der Waals surface area contributed by atoms with Gasteiger partial charge in [0.05, 0.1) is 17.8 Å². The Hall–Kier alpha value is -2.24. The average Bonchev–Trinajstić information content (AvgIpc) is 2.57. The van der Waals surface area contributed by atoms with Gasteiger partial charge < -0.3 is 14.8 Å². The van der Waals surface area contributed by atoms with Crippen molar-refractivity contribution in [3.05, 3.63) is 52.0 Å². The molecule has 0 aliphatic heterocycles. The van der Waals surface area contributed by atoms with E-state index in [2.05, 4.69) is 5.32 Å². The zero-order chi connectivity index (χ0) is 18.6. The normalized spacial score (nSPS) is 11.6. The summed E-state index contributed by atoms with van der Waals surface area (Å²) in [5.74, 6) is 0.254. The van der Waals surface area contributed by atoms with E-state index in [9.17, 15) is 9.59 Å². The van der Waals surface area contributed by atoms with E-state index in [1.807, 2.05) is 0 Å². The maximum Gasteiger partial charge on any atom is 0.265 e. The van der Waals surface area contributed by atoms with Gasteiger partial charge in [0.1, 0.15) is 0 Å². The number of methoxy groups -OCH3 is 1. The van der Waals surface area contributed by atoms with E-state index >= 15 is 0 Å². The Morgan fingerprint density at radius 1 is 1.08 bits per heavy atom. The highest BCUT2D eigenvalue weighted by Crippen LogP contribution is 2.30. The molecular weight excluding hydrogens is 365 g/mol. The number of hydrogen-bond donors (Lipinski definition) is 1. The van der Waals surface area contributed by atoms with Gasteiger partial charge in [0.25, 0.3) is 5.91 Å². The third-order valence-corrected chi connectivity index (χ3v) is 3.98. The predicted octanol–water partition coefficient (Wildman–Crippen LogP) is 4.61. The molecule has 2 aromatic carbocycles. The van der Waals surface area contributed by atoms with Crippen molar-refractivity contribution in [3.63, 3.8) is 0 Å². The van der Waals surface area contributed by atoms with Gasteiger partial charge >= 0.3 is 0 Å². The Kier molecular flexibility index (Phi) is 6.28. The fraction of sp³-hybridized carbons (Fsp3) is 0.222. The molecule has 132 valence electrons. The highest BCUT2D eigenvalue weighted by atomic mass is 35.5. The van der Waals surface area contributed by atoms with Crippen LogP contribution in [0.1, 0.15) is 24.2 Å². The van der Waals surface area contributed by atoms with Crippen molar-refractivity contribution in [1.29, 1.82) is 0 Å². The van der Waals surface area contributed by atoms with E-state index in [-0.39, 0.29) is 11.7 Å². The zero-order valence-electron chi connectivity index (χ0n) is 13.9. The Morgan fingerprint density at radius 2 is 1.80 bits per heavy atom. The molecule has 1 atom stereocenters. The molecule has 0 aromatic heterocycles. The molecule has 25 heavy (non-hydrogen) atoms. The monoisotopic (exact) mass is 381 g/mol. The van der Waals surface area contributed by atoms with Crippen molar-refractivity contribution in [2.45, 2.75) is 20.0 Å². The van der Waals surface area contributed by atoms with Crippen LogP contribution in [0.3, 0.4) is 0 Å². The third-order valence-electron chi connectivity index (χ3n) is 3.43. The summed E-state index contributed by atoms with van der Waals surface area (Å²) in [6, 6.07) is 9.54. The molecule has 0 aliphatic rings. The maximum absolute atomic E-state index is 12.3.